The molecule has 0 radical (unpaired) electrons. The van der Waals surface area contributed by atoms with E-state index < -0.39 is 17.9 Å². The van der Waals surface area contributed by atoms with Crippen LogP contribution < -0.4 is 20.9 Å². The summed E-state index contributed by atoms with van der Waals surface area (Å²) in [4.78, 5) is 38.7. The van der Waals surface area contributed by atoms with E-state index >= 15 is 0 Å². The van der Waals surface area contributed by atoms with E-state index in [1.165, 1.54) is 11.3 Å². The Hall–Kier alpha value is -2.52. The van der Waals surface area contributed by atoms with Crippen molar-refractivity contribution in [3.05, 3.63) is 51.7 Å². The highest BCUT2D eigenvalue weighted by Crippen LogP contribution is 2.22. The third kappa shape index (κ3) is 7.38. The van der Waals surface area contributed by atoms with E-state index in [1.807, 2.05) is 38.3 Å². The molecule has 9 heteroatoms. The predicted octanol–water partition coefficient (Wildman–Crippen LogP) is 2.70. The van der Waals surface area contributed by atoms with Crippen molar-refractivity contribution in [3.63, 3.8) is 0 Å². The van der Waals surface area contributed by atoms with Gasteiger partial charge in [-0.2, -0.15) is 11.8 Å². The average Bonchev–Trinajstić information content (AvgIpc) is 3.14. The summed E-state index contributed by atoms with van der Waals surface area (Å²) >= 11 is 2.97. The second kappa shape index (κ2) is 12.2. The maximum Gasteiger partial charge on any atom is 0.279 e. The number of carbonyl (C=O) groups excluding carboxylic acids is 3. The largest absolute Gasteiger partial charge is 0.484 e. The van der Waals surface area contributed by atoms with Crippen LogP contribution in [0.3, 0.4) is 0 Å². The Morgan fingerprint density at radius 3 is 2.53 bits per heavy atom. The van der Waals surface area contributed by atoms with Crippen molar-refractivity contribution in [3.8, 4) is 5.75 Å². The zero-order valence-electron chi connectivity index (χ0n) is 17.3. The number of rotatable bonds is 10. The summed E-state index contributed by atoms with van der Waals surface area (Å²) < 4.78 is 5.42. The molecular weight excluding hydrogens is 422 g/mol. The zero-order chi connectivity index (χ0) is 21.9. The predicted molar refractivity (Wildman–Crippen MR) is 121 cm³/mol. The molecule has 0 fully saturated rings. The maximum atomic E-state index is 12.5. The summed E-state index contributed by atoms with van der Waals surface area (Å²) in [5.74, 6) is -0.0147. The number of hydrazine groups is 1. The highest BCUT2D eigenvalue weighted by molar-refractivity contribution is 7.98. The van der Waals surface area contributed by atoms with Gasteiger partial charge >= 0.3 is 0 Å². The van der Waals surface area contributed by atoms with E-state index in [2.05, 4.69) is 16.2 Å². The number of ether oxygens (including phenoxy) is 1. The first-order valence-corrected chi connectivity index (χ1v) is 11.8. The van der Waals surface area contributed by atoms with E-state index in [9.17, 15) is 14.4 Å². The number of aryl methyl sites for hydroxylation is 2. The number of amides is 3. The lowest BCUT2D eigenvalue weighted by Crippen LogP contribution is -2.53. The topological polar surface area (TPSA) is 96.5 Å². The van der Waals surface area contributed by atoms with Crippen LogP contribution in [0.15, 0.2) is 36.4 Å². The Labute approximate surface area is 184 Å². The first kappa shape index (κ1) is 23.8. The van der Waals surface area contributed by atoms with Crippen molar-refractivity contribution in [2.45, 2.75) is 32.7 Å². The van der Waals surface area contributed by atoms with Crippen LogP contribution in [0.25, 0.3) is 0 Å². The second-order valence-electron chi connectivity index (χ2n) is 6.52. The molecule has 0 spiro atoms. The van der Waals surface area contributed by atoms with Crippen LogP contribution >= 0.6 is 23.1 Å². The van der Waals surface area contributed by atoms with Crippen molar-refractivity contribution in [2.24, 2.45) is 0 Å². The molecule has 2 rings (SSSR count). The summed E-state index contributed by atoms with van der Waals surface area (Å²) in [6.45, 7) is 3.78. The molecule has 1 atom stereocenters. The molecule has 7 nitrogen and oxygen atoms in total. The molecule has 3 N–H and O–H groups in total. The lowest BCUT2D eigenvalue weighted by atomic mass is 10.2. The van der Waals surface area contributed by atoms with Gasteiger partial charge in [0.2, 0.25) is 0 Å². The van der Waals surface area contributed by atoms with Crippen LogP contribution in [0, 0.1) is 6.92 Å². The van der Waals surface area contributed by atoms with Gasteiger partial charge in [-0.1, -0.05) is 25.1 Å². The van der Waals surface area contributed by atoms with E-state index in [4.69, 9.17) is 4.74 Å². The minimum absolute atomic E-state index is 0.201. The summed E-state index contributed by atoms with van der Waals surface area (Å²) in [5, 5.41) is 2.67. The molecule has 162 valence electrons. The Bertz CT molecular complexity index is 855. The maximum absolute atomic E-state index is 12.5. The molecule has 0 aliphatic rings. The molecule has 1 heterocycles. The molecular formula is C21H27N3O4S2. The number of nitrogens with one attached hydrogen (secondary N) is 3. The normalized spacial score (nSPS) is 11.4. The lowest BCUT2D eigenvalue weighted by Gasteiger charge is -2.18. The Morgan fingerprint density at radius 2 is 1.90 bits per heavy atom. The first-order chi connectivity index (χ1) is 14.4. The SMILES string of the molecule is CCc1sc(C(=O)NNC(=O)C(CCSC)NC(=O)COc2ccccc2)cc1C. The molecule has 1 aromatic heterocycles. The van der Waals surface area contributed by atoms with Crippen LogP contribution in [-0.4, -0.2) is 42.4 Å². The van der Waals surface area contributed by atoms with E-state index in [1.54, 1.807) is 30.0 Å². The number of thiophene rings is 1. The van der Waals surface area contributed by atoms with Gasteiger partial charge < -0.3 is 10.1 Å². The zero-order valence-corrected chi connectivity index (χ0v) is 19.0. The van der Waals surface area contributed by atoms with Gasteiger partial charge in [-0.15, -0.1) is 11.3 Å². The van der Waals surface area contributed by atoms with Crippen LogP contribution in [0.4, 0.5) is 0 Å². The Balaban J connectivity index is 1.88. The number of thioether (sulfide) groups is 1. The molecule has 0 aliphatic heterocycles. The molecule has 2 aromatic rings. The van der Waals surface area contributed by atoms with Gasteiger partial charge in [0.15, 0.2) is 6.61 Å². The highest BCUT2D eigenvalue weighted by Gasteiger charge is 2.22. The second-order valence-corrected chi connectivity index (χ2v) is 8.64. The third-order valence-electron chi connectivity index (χ3n) is 4.24. The third-order valence-corrected chi connectivity index (χ3v) is 6.26. The summed E-state index contributed by atoms with van der Waals surface area (Å²) in [5.41, 5.74) is 5.91. The monoisotopic (exact) mass is 449 g/mol. The number of para-hydroxylation sites is 1. The number of carbonyl (C=O) groups is 3. The molecule has 0 saturated heterocycles. The molecule has 0 bridgehead atoms. The number of hydrogen-bond acceptors (Lipinski definition) is 6. The van der Waals surface area contributed by atoms with Crippen molar-refractivity contribution >= 4 is 40.8 Å². The number of benzene rings is 1. The van der Waals surface area contributed by atoms with Crippen LogP contribution in [0.2, 0.25) is 0 Å². The standard InChI is InChI=1S/C21H27N3O4S2/c1-4-17-14(2)12-18(30-17)21(27)24-23-20(26)16(10-11-29-3)22-19(25)13-28-15-8-6-5-7-9-15/h5-9,12,16H,4,10-11,13H2,1-3H3,(H,22,25)(H,23,26)(H,24,27). The van der Waals surface area contributed by atoms with Crippen molar-refractivity contribution < 1.29 is 19.1 Å². The van der Waals surface area contributed by atoms with E-state index in [0.29, 0.717) is 22.8 Å². The summed E-state index contributed by atoms with van der Waals surface area (Å²) in [6.07, 6.45) is 3.20. The van der Waals surface area contributed by atoms with Crippen LogP contribution in [0.1, 0.15) is 33.5 Å². The van der Waals surface area contributed by atoms with E-state index in [-0.39, 0.29) is 12.5 Å². The Morgan fingerprint density at radius 1 is 1.17 bits per heavy atom. The molecule has 3 amide bonds. The molecule has 30 heavy (non-hydrogen) atoms. The summed E-state index contributed by atoms with van der Waals surface area (Å²) in [7, 11) is 0. The van der Waals surface area contributed by atoms with Gasteiger partial charge in [0.25, 0.3) is 17.7 Å². The van der Waals surface area contributed by atoms with Crippen LogP contribution in [0.5, 0.6) is 5.75 Å². The fraction of sp³-hybridized carbons (Fsp3) is 0.381. The number of hydrogen-bond donors (Lipinski definition) is 3. The van der Waals surface area contributed by atoms with Gasteiger partial charge in [-0.3, -0.25) is 25.2 Å². The first-order valence-electron chi connectivity index (χ1n) is 9.60. The van der Waals surface area contributed by atoms with Gasteiger partial charge in [-0.25, -0.2) is 0 Å². The van der Waals surface area contributed by atoms with Gasteiger partial charge in [0.1, 0.15) is 11.8 Å². The van der Waals surface area contributed by atoms with Crippen molar-refractivity contribution in [2.75, 3.05) is 18.6 Å². The van der Waals surface area contributed by atoms with Gasteiger partial charge in [-0.05, 0) is 55.5 Å². The minimum Gasteiger partial charge on any atom is -0.484 e. The average molecular weight is 450 g/mol. The van der Waals surface area contributed by atoms with Crippen molar-refractivity contribution in [1.82, 2.24) is 16.2 Å². The van der Waals surface area contributed by atoms with Gasteiger partial charge in [0.05, 0.1) is 4.88 Å². The Kier molecular flexibility index (Phi) is 9.69. The van der Waals surface area contributed by atoms with Crippen LogP contribution in [-0.2, 0) is 16.0 Å². The molecule has 1 unspecified atom stereocenters. The molecule has 1 aromatic carbocycles. The fourth-order valence-electron chi connectivity index (χ4n) is 2.66. The van der Waals surface area contributed by atoms with Crippen molar-refractivity contribution in [1.29, 1.82) is 0 Å². The minimum atomic E-state index is -0.777. The lowest BCUT2D eigenvalue weighted by molar-refractivity contribution is -0.130. The summed E-state index contributed by atoms with van der Waals surface area (Å²) in [6, 6.07) is 9.99. The fourth-order valence-corrected chi connectivity index (χ4v) is 4.14. The quantitative estimate of drug-likeness (QED) is 0.485. The van der Waals surface area contributed by atoms with E-state index in [0.717, 1.165) is 16.9 Å². The smallest absolute Gasteiger partial charge is 0.279 e. The highest BCUT2D eigenvalue weighted by atomic mass is 32.2. The molecule has 0 aliphatic carbocycles. The van der Waals surface area contributed by atoms with Gasteiger partial charge in [0, 0.05) is 4.88 Å². The molecule has 0 saturated carbocycles.